The predicted molar refractivity (Wildman–Crippen MR) is 121 cm³/mol. The molecule has 0 bridgehead atoms. The minimum Gasteiger partial charge on any atom is -0.399 e. The average Bonchev–Trinajstić information content (AvgIpc) is 2.77. The standard InChI is InChI=1S/C23H23N5O3/c1-16(29)27(3)21-12-6-19(7-13-21)25-26-20-8-14-23(15-9-20)31-28(17(2)30)22-10-4-18(24)5-11-22/h4-15H,24H2,1-3H3/b26-25+. The molecule has 2 amide bonds. The fourth-order valence-electron chi connectivity index (χ4n) is 2.63. The molecular weight excluding hydrogens is 394 g/mol. The van der Waals surface area contributed by atoms with Crippen molar-refractivity contribution in [2.24, 2.45) is 10.2 Å². The number of amides is 2. The van der Waals surface area contributed by atoms with Crippen molar-refractivity contribution in [2.45, 2.75) is 13.8 Å². The summed E-state index contributed by atoms with van der Waals surface area (Å²) in [6.07, 6.45) is 0. The maximum Gasteiger partial charge on any atom is 0.256 e. The molecule has 0 aliphatic heterocycles. The summed E-state index contributed by atoms with van der Waals surface area (Å²) in [4.78, 5) is 30.7. The third kappa shape index (κ3) is 5.66. The van der Waals surface area contributed by atoms with E-state index in [4.69, 9.17) is 10.6 Å². The number of anilines is 3. The van der Waals surface area contributed by atoms with Crippen molar-refractivity contribution in [3.8, 4) is 5.75 Å². The lowest BCUT2D eigenvalue weighted by atomic mass is 10.2. The first-order valence-corrected chi connectivity index (χ1v) is 9.54. The number of carbonyl (C=O) groups is 2. The van der Waals surface area contributed by atoms with Crippen LogP contribution in [0.1, 0.15) is 13.8 Å². The van der Waals surface area contributed by atoms with E-state index in [0.29, 0.717) is 28.5 Å². The van der Waals surface area contributed by atoms with Crippen molar-refractivity contribution in [1.29, 1.82) is 0 Å². The summed E-state index contributed by atoms with van der Waals surface area (Å²) in [6.45, 7) is 2.92. The van der Waals surface area contributed by atoms with E-state index < -0.39 is 0 Å². The largest absolute Gasteiger partial charge is 0.399 e. The van der Waals surface area contributed by atoms with Crippen LogP contribution in [0.4, 0.5) is 28.4 Å². The zero-order chi connectivity index (χ0) is 22.4. The molecule has 8 heteroatoms. The van der Waals surface area contributed by atoms with Gasteiger partial charge in [0.15, 0.2) is 5.75 Å². The third-order valence-corrected chi connectivity index (χ3v) is 4.44. The van der Waals surface area contributed by atoms with Gasteiger partial charge in [-0.25, -0.2) is 0 Å². The van der Waals surface area contributed by atoms with Gasteiger partial charge in [-0.2, -0.15) is 10.2 Å². The smallest absolute Gasteiger partial charge is 0.256 e. The molecule has 0 aliphatic rings. The Kier molecular flexibility index (Phi) is 6.61. The van der Waals surface area contributed by atoms with Gasteiger partial charge >= 0.3 is 0 Å². The molecule has 0 heterocycles. The molecule has 3 aromatic rings. The topological polar surface area (TPSA) is 101 Å². The van der Waals surface area contributed by atoms with Crippen LogP contribution in [0.5, 0.6) is 5.75 Å². The van der Waals surface area contributed by atoms with Crippen LogP contribution in [-0.2, 0) is 9.59 Å². The Balaban J connectivity index is 1.67. The highest BCUT2D eigenvalue weighted by molar-refractivity contribution is 5.91. The number of azo groups is 1. The van der Waals surface area contributed by atoms with Crippen LogP contribution in [-0.4, -0.2) is 18.9 Å². The highest BCUT2D eigenvalue weighted by Crippen LogP contribution is 2.25. The van der Waals surface area contributed by atoms with E-state index in [1.54, 1.807) is 84.7 Å². The molecule has 0 aromatic heterocycles. The number of hydrogen-bond donors (Lipinski definition) is 1. The molecule has 3 rings (SSSR count). The molecule has 0 saturated carbocycles. The van der Waals surface area contributed by atoms with Gasteiger partial charge in [-0.3, -0.25) is 9.59 Å². The van der Waals surface area contributed by atoms with E-state index in [1.165, 1.54) is 18.9 Å². The Morgan fingerprint density at radius 3 is 1.71 bits per heavy atom. The number of benzene rings is 3. The van der Waals surface area contributed by atoms with Gasteiger partial charge < -0.3 is 15.5 Å². The van der Waals surface area contributed by atoms with Gasteiger partial charge in [-0.05, 0) is 72.8 Å². The highest BCUT2D eigenvalue weighted by Gasteiger charge is 2.14. The van der Waals surface area contributed by atoms with Crippen molar-refractivity contribution in [1.82, 2.24) is 0 Å². The summed E-state index contributed by atoms with van der Waals surface area (Å²) in [5, 5.41) is 9.59. The highest BCUT2D eigenvalue weighted by atomic mass is 16.7. The molecule has 0 atom stereocenters. The summed E-state index contributed by atoms with van der Waals surface area (Å²) in [7, 11) is 1.71. The Labute approximate surface area is 180 Å². The lowest BCUT2D eigenvalue weighted by Crippen LogP contribution is -2.32. The molecule has 0 aliphatic carbocycles. The number of nitrogen functional groups attached to an aromatic ring is 1. The van der Waals surface area contributed by atoms with Gasteiger partial charge in [0.05, 0.1) is 17.1 Å². The molecule has 31 heavy (non-hydrogen) atoms. The van der Waals surface area contributed by atoms with Gasteiger partial charge in [-0.1, -0.05) is 0 Å². The lowest BCUT2D eigenvalue weighted by Gasteiger charge is -2.21. The second-order valence-corrected chi connectivity index (χ2v) is 6.78. The average molecular weight is 417 g/mol. The van der Waals surface area contributed by atoms with E-state index in [-0.39, 0.29) is 11.8 Å². The molecular formula is C23H23N5O3. The van der Waals surface area contributed by atoms with Gasteiger partial charge in [-0.15, -0.1) is 5.06 Å². The van der Waals surface area contributed by atoms with Gasteiger partial charge in [0.2, 0.25) is 5.91 Å². The first-order chi connectivity index (χ1) is 14.8. The van der Waals surface area contributed by atoms with Crippen LogP contribution in [0.25, 0.3) is 0 Å². The van der Waals surface area contributed by atoms with E-state index in [2.05, 4.69) is 10.2 Å². The van der Waals surface area contributed by atoms with Crippen LogP contribution < -0.4 is 20.5 Å². The quantitative estimate of drug-likeness (QED) is 0.346. The van der Waals surface area contributed by atoms with E-state index in [9.17, 15) is 9.59 Å². The first-order valence-electron chi connectivity index (χ1n) is 9.54. The summed E-state index contributed by atoms with van der Waals surface area (Å²) >= 11 is 0. The fourth-order valence-corrected chi connectivity index (χ4v) is 2.63. The molecule has 3 aromatic carbocycles. The molecule has 0 radical (unpaired) electrons. The van der Waals surface area contributed by atoms with Crippen LogP contribution >= 0.6 is 0 Å². The van der Waals surface area contributed by atoms with E-state index in [0.717, 1.165) is 5.69 Å². The molecule has 0 spiro atoms. The van der Waals surface area contributed by atoms with Crippen molar-refractivity contribution in [3.63, 3.8) is 0 Å². The monoisotopic (exact) mass is 417 g/mol. The summed E-state index contributed by atoms with van der Waals surface area (Å²) in [5.41, 5.74) is 8.93. The van der Waals surface area contributed by atoms with Crippen molar-refractivity contribution >= 4 is 40.3 Å². The Morgan fingerprint density at radius 1 is 0.742 bits per heavy atom. The molecule has 158 valence electrons. The minimum absolute atomic E-state index is 0.0450. The van der Waals surface area contributed by atoms with Gasteiger partial charge in [0, 0.05) is 32.3 Å². The first kappa shape index (κ1) is 21.5. The number of hydroxylamine groups is 1. The second-order valence-electron chi connectivity index (χ2n) is 6.78. The Bertz CT molecular complexity index is 1080. The number of rotatable bonds is 6. The number of nitrogens with zero attached hydrogens (tertiary/aromatic N) is 4. The number of hydrogen-bond acceptors (Lipinski definition) is 6. The lowest BCUT2D eigenvalue weighted by molar-refractivity contribution is -0.120. The van der Waals surface area contributed by atoms with Crippen molar-refractivity contribution < 1.29 is 14.4 Å². The minimum atomic E-state index is -0.271. The molecule has 0 fully saturated rings. The normalized spacial score (nSPS) is 10.7. The van der Waals surface area contributed by atoms with Gasteiger partial charge in [0.1, 0.15) is 0 Å². The Hall–Kier alpha value is -4.20. The number of carbonyl (C=O) groups excluding carboxylic acids is 2. The van der Waals surface area contributed by atoms with Gasteiger partial charge in [0.25, 0.3) is 5.91 Å². The predicted octanol–water partition coefficient (Wildman–Crippen LogP) is 5.01. The second kappa shape index (κ2) is 9.53. The van der Waals surface area contributed by atoms with Crippen LogP contribution in [0, 0.1) is 0 Å². The zero-order valence-corrected chi connectivity index (χ0v) is 17.5. The van der Waals surface area contributed by atoms with Crippen LogP contribution in [0.2, 0.25) is 0 Å². The Morgan fingerprint density at radius 2 is 1.23 bits per heavy atom. The van der Waals surface area contributed by atoms with Crippen molar-refractivity contribution in [3.05, 3.63) is 72.8 Å². The molecule has 0 unspecified atom stereocenters. The number of nitrogens with two attached hydrogens (primary N) is 1. The molecule has 0 saturated heterocycles. The van der Waals surface area contributed by atoms with Crippen molar-refractivity contribution in [2.75, 3.05) is 22.7 Å². The molecule has 8 nitrogen and oxygen atoms in total. The summed E-state index contributed by atoms with van der Waals surface area (Å²) in [6, 6.07) is 20.9. The van der Waals surface area contributed by atoms with E-state index >= 15 is 0 Å². The SMILES string of the molecule is CC(=O)N(C)c1ccc(/N=N/c2ccc(ON(C(C)=O)c3ccc(N)cc3)cc2)cc1. The van der Waals surface area contributed by atoms with Crippen LogP contribution in [0.15, 0.2) is 83.0 Å². The summed E-state index contributed by atoms with van der Waals surface area (Å²) in [5.74, 6) is 0.159. The van der Waals surface area contributed by atoms with E-state index in [1.807, 2.05) is 0 Å². The third-order valence-electron chi connectivity index (χ3n) is 4.44. The summed E-state index contributed by atoms with van der Waals surface area (Å²) < 4.78 is 0. The molecule has 2 N–H and O–H groups in total. The maximum atomic E-state index is 12.0. The fraction of sp³-hybridized carbons (Fsp3) is 0.130. The zero-order valence-electron chi connectivity index (χ0n) is 17.5. The van der Waals surface area contributed by atoms with Crippen LogP contribution in [0.3, 0.4) is 0 Å². The maximum absolute atomic E-state index is 12.0.